The van der Waals surface area contributed by atoms with E-state index in [2.05, 4.69) is 151 Å². The number of hydrogen-bond donors (Lipinski definition) is 0. The van der Waals surface area contributed by atoms with Crippen molar-refractivity contribution in [2.45, 2.75) is 66.7 Å². The highest BCUT2D eigenvalue weighted by atomic mass is 32.2. The molecule has 2 atom stereocenters. The standard InChI is InChI=1S/C43H37BN2S/c1-42-24-10-5-11-25-43(42,2)46-37-20-13-21-38-40(37)44(35-19-12-18-34(42)41(35)46)36-27-29-22-23-33(26-30(29)28-39(36)47-38)45(31-14-6-3-7-15-31)32-16-8-4-9-17-32/h3-4,6-9,12-23,26-28H,5,10-11,24-25H2,1-2H3/t42-,43?/m0/s1. The fourth-order valence-electron chi connectivity index (χ4n) is 9.62. The predicted octanol–water partition coefficient (Wildman–Crippen LogP) is 9.74. The van der Waals surface area contributed by atoms with E-state index in [0.717, 1.165) is 11.4 Å². The molecule has 228 valence electrons. The van der Waals surface area contributed by atoms with Gasteiger partial charge in [-0.2, -0.15) is 0 Å². The van der Waals surface area contributed by atoms with Crippen molar-refractivity contribution in [3.8, 4) is 0 Å². The van der Waals surface area contributed by atoms with Crippen LogP contribution in [0.25, 0.3) is 10.8 Å². The van der Waals surface area contributed by atoms with E-state index in [0.29, 0.717) is 0 Å². The summed E-state index contributed by atoms with van der Waals surface area (Å²) in [7, 11) is 0. The van der Waals surface area contributed by atoms with Crippen LogP contribution in [-0.2, 0) is 5.41 Å². The van der Waals surface area contributed by atoms with Gasteiger partial charge in [0, 0.05) is 43.6 Å². The Kier molecular flexibility index (Phi) is 5.92. The van der Waals surface area contributed by atoms with Crippen LogP contribution in [0.3, 0.4) is 0 Å². The molecule has 47 heavy (non-hydrogen) atoms. The molecule has 0 bridgehead atoms. The van der Waals surface area contributed by atoms with Crippen molar-refractivity contribution in [2.75, 3.05) is 9.80 Å². The molecule has 6 aromatic carbocycles. The van der Waals surface area contributed by atoms with Gasteiger partial charge in [0.1, 0.15) is 0 Å². The highest BCUT2D eigenvalue weighted by molar-refractivity contribution is 8.00. The summed E-state index contributed by atoms with van der Waals surface area (Å²) < 4.78 is 0. The lowest BCUT2D eigenvalue weighted by Gasteiger charge is -2.49. The SMILES string of the molecule is CC12CCCCC[C@@]1(C)c1cccc3c1N2c1cccc2c1B3c1cc3ccc(N(c4ccccc4)c4ccccc4)cc3cc1S2. The van der Waals surface area contributed by atoms with Crippen molar-refractivity contribution in [1.82, 2.24) is 0 Å². The smallest absolute Gasteiger partial charge is 0.249 e. The molecule has 10 rings (SSSR count). The van der Waals surface area contributed by atoms with Gasteiger partial charge in [0.05, 0.1) is 5.54 Å². The van der Waals surface area contributed by atoms with E-state index in [1.165, 1.54) is 86.1 Å². The van der Waals surface area contributed by atoms with Crippen LogP contribution in [-0.4, -0.2) is 12.3 Å². The monoisotopic (exact) mass is 624 g/mol. The molecule has 0 N–H and O–H groups in total. The van der Waals surface area contributed by atoms with E-state index in [4.69, 9.17) is 0 Å². The zero-order valence-electron chi connectivity index (χ0n) is 27.0. The summed E-state index contributed by atoms with van der Waals surface area (Å²) in [5.41, 5.74) is 12.7. The van der Waals surface area contributed by atoms with Crippen LogP contribution in [0, 0.1) is 0 Å². The first kappa shape index (κ1) is 27.7. The van der Waals surface area contributed by atoms with E-state index in [-0.39, 0.29) is 17.7 Å². The van der Waals surface area contributed by atoms with E-state index < -0.39 is 0 Å². The van der Waals surface area contributed by atoms with Gasteiger partial charge in [0.25, 0.3) is 0 Å². The zero-order chi connectivity index (χ0) is 31.3. The van der Waals surface area contributed by atoms with Gasteiger partial charge in [0.15, 0.2) is 0 Å². The van der Waals surface area contributed by atoms with Crippen LogP contribution in [0.1, 0.15) is 51.5 Å². The number of fused-ring (bicyclic) bond motifs is 8. The molecule has 0 radical (unpaired) electrons. The predicted molar refractivity (Wildman–Crippen MR) is 201 cm³/mol. The summed E-state index contributed by atoms with van der Waals surface area (Å²) in [6, 6.07) is 47.8. The molecule has 1 saturated carbocycles. The summed E-state index contributed by atoms with van der Waals surface area (Å²) in [6.45, 7) is 5.39. The van der Waals surface area contributed by atoms with E-state index in [9.17, 15) is 0 Å². The summed E-state index contributed by atoms with van der Waals surface area (Å²) in [5, 5.41) is 2.58. The average Bonchev–Trinajstić information content (AvgIpc) is 3.18. The van der Waals surface area contributed by atoms with Crippen molar-refractivity contribution < 1.29 is 0 Å². The van der Waals surface area contributed by atoms with Gasteiger partial charge in [-0.3, -0.25) is 0 Å². The Morgan fingerprint density at radius 1 is 0.617 bits per heavy atom. The minimum atomic E-state index is 0.0795. The minimum absolute atomic E-state index is 0.0795. The highest BCUT2D eigenvalue weighted by Gasteiger charge is 2.60. The summed E-state index contributed by atoms with van der Waals surface area (Å²) in [6.07, 6.45) is 6.47. The first-order valence-electron chi connectivity index (χ1n) is 17.3. The fourth-order valence-corrected chi connectivity index (χ4v) is 10.8. The van der Waals surface area contributed by atoms with Gasteiger partial charge in [-0.25, -0.2) is 0 Å². The Hall–Kier alpha value is -4.41. The number of para-hydroxylation sites is 3. The van der Waals surface area contributed by atoms with Crippen molar-refractivity contribution >= 4 is 74.1 Å². The molecule has 3 heterocycles. The fraction of sp³-hybridized carbons (Fsp3) is 0.209. The Morgan fingerprint density at radius 2 is 1.36 bits per heavy atom. The lowest BCUT2D eigenvalue weighted by atomic mass is 9.34. The molecule has 0 amide bonds. The van der Waals surface area contributed by atoms with Gasteiger partial charge in [-0.05, 0) is 102 Å². The second-order valence-electron chi connectivity index (χ2n) is 14.4. The molecule has 4 heteroatoms. The van der Waals surface area contributed by atoms with Crippen molar-refractivity contribution in [2.24, 2.45) is 0 Å². The highest BCUT2D eigenvalue weighted by Crippen LogP contribution is 2.60. The topological polar surface area (TPSA) is 6.48 Å². The molecule has 3 aliphatic heterocycles. The minimum Gasteiger partial charge on any atom is -0.335 e. The van der Waals surface area contributed by atoms with Crippen molar-refractivity contribution in [1.29, 1.82) is 0 Å². The first-order chi connectivity index (χ1) is 23.0. The van der Waals surface area contributed by atoms with E-state index >= 15 is 0 Å². The Bertz CT molecular complexity index is 2180. The molecule has 0 spiro atoms. The van der Waals surface area contributed by atoms with Gasteiger partial charge in [-0.15, -0.1) is 0 Å². The summed E-state index contributed by atoms with van der Waals surface area (Å²) >= 11 is 1.97. The largest absolute Gasteiger partial charge is 0.335 e. The van der Waals surface area contributed by atoms with Gasteiger partial charge in [-0.1, -0.05) is 116 Å². The van der Waals surface area contributed by atoms with Crippen LogP contribution in [0.15, 0.2) is 137 Å². The average molecular weight is 625 g/mol. The van der Waals surface area contributed by atoms with Crippen LogP contribution in [0.4, 0.5) is 28.4 Å². The molecular weight excluding hydrogens is 587 g/mol. The summed E-state index contributed by atoms with van der Waals surface area (Å²) in [5.74, 6) is 0. The lowest BCUT2D eigenvalue weighted by molar-refractivity contribution is 0.261. The van der Waals surface area contributed by atoms with Gasteiger partial charge < -0.3 is 9.80 Å². The molecule has 0 aromatic heterocycles. The Balaban J connectivity index is 1.16. The maximum absolute atomic E-state index is 2.82. The third kappa shape index (κ3) is 3.77. The van der Waals surface area contributed by atoms with E-state index in [1.54, 1.807) is 5.56 Å². The normalized spacial score (nSPS) is 21.8. The number of benzene rings is 6. The maximum Gasteiger partial charge on any atom is 0.249 e. The molecule has 6 aromatic rings. The van der Waals surface area contributed by atoms with Crippen LogP contribution in [0.5, 0.6) is 0 Å². The third-order valence-corrected chi connectivity index (χ3v) is 13.2. The zero-order valence-corrected chi connectivity index (χ0v) is 27.9. The van der Waals surface area contributed by atoms with Crippen molar-refractivity contribution in [3.63, 3.8) is 0 Å². The maximum atomic E-state index is 2.82. The number of rotatable bonds is 3. The number of hydrogen-bond acceptors (Lipinski definition) is 3. The second-order valence-corrected chi connectivity index (χ2v) is 15.5. The molecule has 1 unspecified atom stereocenters. The molecule has 1 aliphatic carbocycles. The molecule has 4 aliphatic rings. The third-order valence-electron chi connectivity index (χ3n) is 12.1. The van der Waals surface area contributed by atoms with Gasteiger partial charge >= 0.3 is 0 Å². The lowest BCUT2D eigenvalue weighted by Crippen LogP contribution is -2.63. The molecule has 0 saturated heterocycles. The van der Waals surface area contributed by atoms with E-state index in [1.807, 2.05) is 11.8 Å². The van der Waals surface area contributed by atoms with Crippen molar-refractivity contribution in [3.05, 3.63) is 133 Å². The summed E-state index contributed by atoms with van der Waals surface area (Å²) in [4.78, 5) is 7.97. The first-order valence-corrected chi connectivity index (χ1v) is 18.1. The van der Waals surface area contributed by atoms with Gasteiger partial charge in [0.2, 0.25) is 6.71 Å². The Labute approximate surface area is 282 Å². The molecule has 1 fully saturated rings. The number of nitrogens with zero attached hydrogens (tertiary/aromatic N) is 2. The molecular formula is C43H37BN2S. The van der Waals surface area contributed by atoms with Crippen LogP contribution in [0.2, 0.25) is 0 Å². The quantitative estimate of drug-likeness (QED) is 0.181. The Morgan fingerprint density at radius 3 is 2.15 bits per heavy atom. The van der Waals surface area contributed by atoms with Crippen LogP contribution >= 0.6 is 11.8 Å². The number of anilines is 5. The molecule has 2 nitrogen and oxygen atoms in total. The van der Waals surface area contributed by atoms with Crippen LogP contribution < -0.4 is 26.2 Å². The second kappa shape index (κ2) is 10.0.